The van der Waals surface area contributed by atoms with Crippen molar-refractivity contribution in [2.45, 2.75) is 31.1 Å². The molecule has 1 aromatic rings. The van der Waals surface area contributed by atoms with E-state index in [-0.39, 0.29) is 0 Å². The van der Waals surface area contributed by atoms with Crippen molar-refractivity contribution in [2.75, 3.05) is 24.3 Å². The van der Waals surface area contributed by atoms with Crippen LogP contribution in [-0.2, 0) is 19.9 Å². The van der Waals surface area contributed by atoms with E-state index < -0.39 is 0 Å². The highest BCUT2D eigenvalue weighted by Crippen LogP contribution is 2.27. The molecule has 0 saturated carbocycles. The molecule has 1 saturated heterocycles. The molecule has 2 rings (SSSR count). The molecule has 1 fully saturated rings. The maximum absolute atomic E-state index is 4.54. The van der Waals surface area contributed by atoms with Gasteiger partial charge in [-0.05, 0) is 19.5 Å². The van der Waals surface area contributed by atoms with Crippen LogP contribution in [-0.4, -0.2) is 45.4 Å². The molecular weight excluding hydrogens is 262 g/mol. The Kier molecular flexibility index (Phi) is 5.45. The van der Waals surface area contributed by atoms with Gasteiger partial charge in [-0.1, -0.05) is 6.92 Å². The van der Waals surface area contributed by atoms with Crippen molar-refractivity contribution in [3.05, 3.63) is 17.5 Å². The van der Waals surface area contributed by atoms with Gasteiger partial charge in [-0.3, -0.25) is 4.68 Å². The highest BCUT2D eigenvalue weighted by atomic mass is 32.2. The summed E-state index contributed by atoms with van der Waals surface area (Å²) in [4.78, 5) is 0. The lowest BCUT2D eigenvalue weighted by atomic mass is 10.1. The van der Waals surface area contributed by atoms with Crippen LogP contribution < -0.4 is 5.32 Å². The molecule has 1 N–H and O–H groups in total. The van der Waals surface area contributed by atoms with Crippen molar-refractivity contribution in [1.82, 2.24) is 15.1 Å². The first-order valence-electron chi connectivity index (χ1n) is 6.63. The molecule has 1 aromatic heterocycles. The van der Waals surface area contributed by atoms with E-state index in [9.17, 15) is 0 Å². The molecule has 1 aliphatic rings. The van der Waals surface area contributed by atoms with Gasteiger partial charge in [-0.2, -0.15) is 28.6 Å². The number of nitrogens with one attached hydrogen (secondary N) is 1. The van der Waals surface area contributed by atoms with E-state index in [1.165, 1.54) is 28.6 Å². The van der Waals surface area contributed by atoms with Crippen LogP contribution in [0.15, 0.2) is 6.07 Å². The van der Waals surface area contributed by atoms with Gasteiger partial charge < -0.3 is 5.32 Å². The van der Waals surface area contributed by atoms with Crippen LogP contribution in [0.1, 0.15) is 18.3 Å². The molecule has 0 aromatic carbocycles. The third kappa shape index (κ3) is 3.45. The average molecular weight is 285 g/mol. The minimum absolute atomic E-state index is 0.558. The van der Waals surface area contributed by atoms with Crippen LogP contribution in [0.4, 0.5) is 0 Å². The highest BCUT2D eigenvalue weighted by Gasteiger charge is 2.24. The molecule has 102 valence electrons. The van der Waals surface area contributed by atoms with Crippen molar-refractivity contribution in [3.63, 3.8) is 0 Å². The lowest BCUT2D eigenvalue weighted by Crippen LogP contribution is -2.41. The largest absolute Gasteiger partial charge is 0.315 e. The van der Waals surface area contributed by atoms with Gasteiger partial charge in [-0.15, -0.1) is 0 Å². The zero-order valence-corrected chi connectivity index (χ0v) is 13.1. The summed E-state index contributed by atoms with van der Waals surface area (Å²) in [5.74, 6) is 3.87. The number of rotatable bonds is 5. The molecule has 2 unspecified atom stereocenters. The minimum atomic E-state index is 0.558. The molecule has 2 atom stereocenters. The van der Waals surface area contributed by atoms with Crippen molar-refractivity contribution in [1.29, 1.82) is 0 Å². The van der Waals surface area contributed by atoms with E-state index in [0.717, 1.165) is 18.1 Å². The minimum Gasteiger partial charge on any atom is -0.315 e. The van der Waals surface area contributed by atoms with Crippen LogP contribution in [0.2, 0.25) is 0 Å². The summed E-state index contributed by atoms with van der Waals surface area (Å²) >= 11 is 4.21. The Balaban J connectivity index is 2.02. The van der Waals surface area contributed by atoms with Crippen molar-refractivity contribution < 1.29 is 0 Å². The van der Waals surface area contributed by atoms with Gasteiger partial charge in [-0.25, -0.2) is 0 Å². The molecule has 0 aliphatic carbocycles. The first-order valence-corrected chi connectivity index (χ1v) is 8.83. The van der Waals surface area contributed by atoms with Crippen LogP contribution in [0.3, 0.4) is 0 Å². The topological polar surface area (TPSA) is 29.9 Å². The van der Waals surface area contributed by atoms with E-state index >= 15 is 0 Å². The quantitative estimate of drug-likeness (QED) is 0.896. The van der Waals surface area contributed by atoms with E-state index in [2.05, 4.69) is 61.0 Å². The van der Waals surface area contributed by atoms with Crippen LogP contribution in [0.5, 0.6) is 0 Å². The molecular formula is C13H23N3S2. The fourth-order valence-corrected chi connectivity index (χ4v) is 5.25. The fraction of sp³-hybridized carbons (Fsp3) is 0.769. The lowest BCUT2D eigenvalue weighted by Gasteiger charge is -2.29. The number of thioether (sulfide) groups is 2. The van der Waals surface area contributed by atoms with Gasteiger partial charge in [0.05, 0.1) is 5.69 Å². The Labute approximate surface area is 118 Å². The predicted octanol–water partition coefficient (Wildman–Crippen LogP) is 1.96. The monoisotopic (exact) mass is 285 g/mol. The third-order valence-corrected chi connectivity index (χ3v) is 6.40. The highest BCUT2D eigenvalue weighted by molar-refractivity contribution is 8.06. The summed E-state index contributed by atoms with van der Waals surface area (Å²) in [5, 5.41) is 8.77. The van der Waals surface area contributed by atoms with Crippen molar-refractivity contribution in [3.8, 4) is 0 Å². The van der Waals surface area contributed by atoms with Gasteiger partial charge in [0.1, 0.15) is 0 Å². The Morgan fingerprint density at radius 1 is 1.56 bits per heavy atom. The van der Waals surface area contributed by atoms with Crippen LogP contribution in [0, 0.1) is 0 Å². The Morgan fingerprint density at radius 2 is 2.39 bits per heavy atom. The summed E-state index contributed by atoms with van der Waals surface area (Å²) < 4.78 is 2.05. The van der Waals surface area contributed by atoms with E-state index in [4.69, 9.17) is 0 Å². The second-order valence-corrected chi connectivity index (χ2v) is 7.18. The molecule has 2 heterocycles. The summed E-state index contributed by atoms with van der Waals surface area (Å²) in [6.45, 7) is 2.16. The number of nitrogens with zero attached hydrogens (tertiary/aromatic N) is 2. The van der Waals surface area contributed by atoms with Crippen molar-refractivity contribution in [2.24, 2.45) is 7.05 Å². The Bertz CT molecular complexity index is 372. The van der Waals surface area contributed by atoms with Gasteiger partial charge >= 0.3 is 0 Å². The molecule has 0 spiro atoms. The van der Waals surface area contributed by atoms with E-state index in [0.29, 0.717) is 6.04 Å². The molecule has 0 bridgehead atoms. The van der Waals surface area contributed by atoms with Gasteiger partial charge in [0, 0.05) is 47.7 Å². The van der Waals surface area contributed by atoms with Crippen LogP contribution in [0.25, 0.3) is 0 Å². The summed E-state index contributed by atoms with van der Waals surface area (Å²) in [7, 11) is 4.14. The number of likely N-dealkylation sites (N-methyl/N-ethyl adjacent to an activating group) is 1. The molecule has 5 heteroatoms. The molecule has 18 heavy (non-hydrogen) atoms. The van der Waals surface area contributed by atoms with E-state index in [1.54, 1.807) is 0 Å². The van der Waals surface area contributed by atoms with Crippen LogP contribution >= 0.6 is 23.5 Å². The Morgan fingerprint density at radius 3 is 2.94 bits per heavy atom. The second kappa shape index (κ2) is 6.87. The van der Waals surface area contributed by atoms with Crippen molar-refractivity contribution >= 4 is 23.5 Å². The van der Waals surface area contributed by atoms with E-state index in [1.807, 2.05) is 4.68 Å². The first kappa shape index (κ1) is 14.3. The summed E-state index contributed by atoms with van der Waals surface area (Å²) in [5.41, 5.74) is 2.55. The lowest BCUT2D eigenvalue weighted by molar-refractivity contribution is 0.534. The standard InChI is InChI=1S/C13H23N3S2/c1-4-10-7-11(16(3)15-10)8-12(14-2)13-9-17-5-6-18-13/h7,12-14H,4-6,8-9H2,1-3H3. The maximum Gasteiger partial charge on any atom is 0.0624 e. The third-order valence-electron chi connectivity index (χ3n) is 3.48. The number of aromatic nitrogens is 2. The normalized spacial score (nSPS) is 22.1. The number of hydrogen-bond acceptors (Lipinski definition) is 4. The molecule has 0 amide bonds. The van der Waals surface area contributed by atoms with Gasteiger partial charge in [0.15, 0.2) is 0 Å². The Hall–Kier alpha value is -0.130. The fourth-order valence-electron chi connectivity index (χ4n) is 2.32. The molecule has 0 radical (unpaired) electrons. The average Bonchev–Trinajstić information content (AvgIpc) is 2.77. The number of hydrogen-bond donors (Lipinski definition) is 1. The zero-order valence-electron chi connectivity index (χ0n) is 11.5. The summed E-state index contributed by atoms with van der Waals surface area (Å²) in [6, 6.07) is 2.81. The second-order valence-electron chi connectivity index (χ2n) is 4.69. The molecule has 3 nitrogen and oxygen atoms in total. The molecule has 1 aliphatic heterocycles. The SMILES string of the molecule is CCc1cc(CC(NC)C2CSCCS2)n(C)n1. The zero-order chi connectivity index (χ0) is 13.0. The maximum atomic E-state index is 4.54. The number of aryl methyl sites for hydroxylation is 2. The van der Waals surface area contributed by atoms with Gasteiger partial charge in [0.2, 0.25) is 0 Å². The predicted molar refractivity (Wildman–Crippen MR) is 82.7 cm³/mol. The smallest absolute Gasteiger partial charge is 0.0624 e. The summed E-state index contributed by atoms with van der Waals surface area (Å²) in [6.07, 6.45) is 2.10. The van der Waals surface area contributed by atoms with Gasteiger partial charge in [0.25, 0.3) is 0 Å². The first-order chi connectivity index (χ1) is 8.74.